The monoisotopic (exact) mass is 492 g/mol. The van der Waals surface area contributed by atoms with Crippen LogP contribution in [0.25, 0.3) is 0 Å². The zero-order valence-electron chi connectivity index (χ0n) is 19.7. The van der Waals surface area contributed by atoms with Crippen LogP contribution in [0.3, 0.4) is 0 Å². The normalized spacial score (nSPS) is 13.9. The molecule has 1 aliphatic heterocycles. The third-order valence-electron chi connectivity index (χ3n) is 6.63. The molecule has 5 heteroatoms. The molecule has 1 amide bonds. The van der Waals surface area contributed by atoms with E-state index >= 15 is 0 Å². The molecule has 3 nitrogen and oxygen atoms in total. The van der Waals surface area contributed by atoms with Crippen LogP contribution in [0.5, 0.6) is 0 Å². The third-order valence-corrected chi connectivity index (χ3v) is 7.37. The first-order chi connectivity index (χ1) is 16.4. The first kappa shape index (κ1) is 24.5. The van der Waals surface area contributed by atoms with Gasteiger partial charge in [0.2, 0.25) is 0 Å². The Bertz CT molecular complexity index is 1180. The highest BCUT2D eigenvalue weighted by molar-refractivity contribution is 6.42. The van der Waals surface area contributed by atoms with Gasteiger partial charge in [-0.2, -0.15) is 0 Å². The largest absolute Gasteiger partial charge is 0.341 e. The predicted molar refractivity (Wildman–Crippen MR) is 143 cm³/mol. The molecule has 1 aliphatic rings. The molecule has 0 saturated carbocycles. The lowest BCUT2D eigenvalue weighted by molar-refractivity contribution is 0.0784. The maximum Gasteiger partial charge on any atom is 0.253 e. The maximum absolute atomic E-state index is 13.0. The molecule has 34 heavy (non-hydrogen) atoms. The number of carbonyl (C=O) groups excluding carboxylic acids is 1. The summed E-state index contributed by atoms with van der Waals surface area (Å²) in [7, 11) is 1.87. The fraction of sp³-hybridized carbons (Fsp3) is 0.310. The molecule has 0 saturated heterocycles. The standard InChI is InChI=1S/C29H30Cl2N2O/c1-20(13-17-28-24-10-6-7-11-27(24)32-28)12-14-23(22-15-16-25(30)26(31)18-22)19-33(2)29(34)21-8-4-3-5-9-21/h3-11,15-16,18,20,23H,12-14,17,19H2,1-2H3. The number of halogens is 2. The molecule has 0 bridgehead atoms. The van der Waals surface area contributed by atoms with Crippen LogP contribution in [0.15, 0.2) is 77.8 Å². The zero-order chi connectivity index (χ0) is 24.1. The van der Waals surface area contributed by atoms with Gasteiger partial charge in [0, 0.05) is 30.6 Å². The fourth-order valence-corrected chi connectivity index (χ4v) is 4.82. The second-order valence-electron chi connectivity index (χ2n) is 9.22. The number of rotatable bonds is 10. The van der Waals surface area contributed by atoms with Crippen molar-refractivity contribution in [1.82, 2.24) is 4.90 Å². The molecule has 176 valence electrons. The van der Waals surface area contributed by atoms with Gasteiger partial charge in [-0.1, -0.05) is 79.0 Å². The van der Waals surface area contributed by atoms with Crippen molar-refractivity contribution < 1.29 is 4.79 Å². The summed E-state index contributed by atoms with van der Waals surface area (Å²) in [5.41, 5.74) is 5.44. The lowest BCUT2D eigenvalue weighted by Gasteiger charge is -2.26. The van der Waals surface area contributed by atoms with E-state index in [1.807, 2.05) is 66.5 Å². The molecule has 2 unspecified atom stereocenters. The Morgan fingerprint density at radius 3 is 2.38 bits per heavy atom. The van der Waals surface area contributed by atoms with Gasteiger partial charge < -0.3 is 4.90 Å². The van der Waals surface area contributed by atoms with Gasteiger partial charge in [0.15, 0.2) is 0 Å². The maximum atomic E-state index is 13.0. The van der Waals surface area contributed by atoms with Gasteiger partial charge in [-0.25, -0.2) is 0 Å². The van der Waals surface area contributed by atoms with Crippen molar-refractivity contribution in [2.45, 2.75) is 38.5 Å². The van der Waals surface area contributed by atoms with E-state index in [1.165, 1.54) is 11.3 Å². The smallest absolute Gasteiger partial charge is 0.253 e. The second-order valence-corrected chi connectivity index (χ2v) is 10.0. The lowest BCUT2D eigenvalue weighted by Crippen LogP contribution is -2.31. The van der Waals surface area contributed by atoms with Gasteiger partial charge in [0.1, 0.15) is 0 Å². The number of hydrogen-bond acceptors (Lipinski definition) is 2. The molecule has 0 N–H and O–H groups in total. The first-order valence-corrected chi connectivity index (χ1v) is 12.6. The van der Waals surface area contributed by atoms with Crippen molar-refractivity contribution in [3.63, 3.8) is 0 Å². The summed E-state index contributed by atoms with van der Waals surface area (Å²) in [4.78, 5) is 19.4. The van der Waals surface area contributed by atoms with E-state index in [4.69, 9.17) is 23.2 Å². The molecule has 0 aromatic heterocycles. The molecule has 1 heterocycles. The Morgan fingerprint density at radius 2 is 1.65 bits per heavy atom. The molecule has 3 aromatic rings. The van der Waals surface area contributed by atoms with Gasteiger partial charge in [-0.15, -0.1) is 0 Å². The number of aliphatic imine (C=N–C) groups is 1. The lowest BCUT2D eigenvalue weighted by atomic mass is 9.87. The molecular weight excluding hydrogens is 463 g/mol. The average Bonchev–Trinajstić information content (AvgIpc) is 2.84. The van der Waals surface area contributed by atoms with Crippen LogP contribution in [0.4, 0.5) is 5.69 Å². The number of amides is 1. The molecule has 0 spiro atoms. The summed E-state index contributed by atoms with van der Waals surface area (Å²) in [6, 6.07) is 23.6. The van der Waals surface area contributed by atoms with Gasteiger partial charge in [-0.3, -0.25) is 9.79 Å². The average molecular weight is 493 g/mol. The zero-order valence-corrected chi connectivity index (χ0v) is 21.2. The summed E-state index contributed by atoms with van der Waals surface area (Å²) < 4.78 is 0. The Hall–Kier alpha value is -2.62. The van der Waals surface area contributed by atoms with Crippen LogP contribution >= 0.6 is 23.2 Å². The van der Waals surface area contributed by atoms with E-state index in [-0.39, 0.29) is 11.8 Å². The quantitative estimate of drug-likeness (QED) is 0.280. The Labute approximate surface area is 212 Å². The van der Waals surface area contributed by atoms with Gasteiger partial charge in [0.05, 0.1) is 21.4 Å². The van der Waals surface area contributed by atoms with E-state index in [1.54, 1.807) is 0 Å². The number of nitrogens with zero attached hydrogens (tertiary/aromatic N) is 2. The van der Waals surface area contributed by atoms with Crippen molar-refractivity contribution >= 4 is 40.5 Å². The van der Waals surface area contributed by atoms with Crippen LogP contribution < -0.4 is 0 Å². The predicted octanol–water partition coefficient (Wildman–Crippen LogP) is 8.18. The van der Waals surface area contributed by atoms with Crippen molar-refractivity contribution in [3.05, 3.63) is 99.5 Å². The van der Waals surface area contributed by atoms with E-state index in [2.05, 4.69) is 30.1 Å². The summed E-state index contributed by atoms with van der Waals surface area (Å²) in [6.07, 6.45) is 4.13. The molecule has 0 aliphatic carbocycles. The molecule has 3 aromatic carbocycles. The number of carbonyl (C=O) groups is 1. The Balaban J connectivity index is 1.38. The van der Waals surface area contributed by atoms with E-state index < -0.39 is 0 Å². The summed E-state index contributed by atoms with van der Waals surface area (Å²) in [5, 5.41) is 1.10. The summed E-state index contributed by atoms with van der Waals surface area (Å²) >= 11 is 12.5. The van der Waals surface area contributed by atoms with Crippen LogP contribution in [0.1, 0.15) is 60.0 Å². The van der Waals surface area contributed by atoms with Crippen molar-refractivity contribution in [3.8, 4) is 0 Å². The first-order valence-electron chi connectivity index (χ1n) is 11.8. The third kappa shape index (κ3) is 5.89. The minimum atomic E-state index is 0.0281. The number of hydrogen-bond donors (Lipinski definition) is 0. The van der Waals surface area contributed by atoms with E-state index in [0.29, 0.717) is 28.1 Å². The van der Waals surface area contributed by atoms with Crippen molar-refractivity contribution in [2.75, 3.05) is 13.6 Å². The summed E-state index contributed by atoms with van der Waals surface area (Å²) in [5.74, 6) is 0.757. The molecule has 0 radical (unpaired) electrons. The molecular formula is C29H30Cl2N2O. The topological polar surface area (TPSA) is 32.7 Å². The van der Waals surface area contributed by atoms with Gasteiger partial charge >= 0.3 is 0 Å². The fourth-order valence-electron chi connectivity index (χ4n) is 4.52. The number of likely N-dealkylation sites (N-methyl/N-ethyl adjacent to an activating group) is 1. The Kier molecular flexibility index (Phi) is 8.07. The van der Waals surface area contributed by atoms with Gasteiger partial charge in [-0.05, 0) is 61.1 Å². The van der Waals surface area contributed by atoms with Crippen LogP contribution in [0, 0.1) is 5.92 Å². The number of fused-ring (bicyclic) bond motifs is 1. The highest BCUT2D eigenvalue weighted by Gasteiger charge is 2.22. The number of para-hydroxylation sites is 1. The van der Waals surface area contributed by atoms with Gasteiger partial charge in [0.25, 0.3) is 5.91 Å². The van der Waals surface area contributed by atoms with E-state index in [9.17, 15) is 4.79 Å². The molecule has 2 atom stereocenters. The van der Waals surface area contributed by atoms with Crippen molar-refractivity contribution in [2.24, 2.45) is 10.9 Å². The minimum Gasteiger partial charge on any atom is -0.341 e. The molecule has 4 rings (SSSR count). The number of benzene rings is 3. The van der Waals surface area contributed by atoms with E-state index in [0.717, 1.165) is 36.9 Å². The van der Waals surface area contributed by atoms with Crippen LogP contribution in [-0.4, -0.2) is 30.1 Å². The highest BCUT2D eigenvalue weighted by Crippen LogP contribution is 2.34. The SMILES string of the molecule is CC(CCC1=Nc2ccccc21)CCC(CN(C)C(=O)c1ccccc1)c1ccc(Cl)c(Cl)c1. The van der Waals surface area contributed by atoms with Crippen LogP contribution in [-0.2, 0) is 0 Å². The van der Waals surface area contributed by atoms with Crippen molar-refractivity contribution in [1.29, 1.82) is 0 Å². The second kappa shape index (κ2) is 11.2. The molecule has 0 fully saturated rings. The highest BCUT2D eigenvalue weighted by atomic mass is 35.5. The Morgan fingerprint density at radius 1 is 0.912 bits per heavy atom. The minimum absolute atomic E-state index is 0.0281. The summed E-state index contributed by atoms with van der Waals surface area (Å²) in [6.45, 7) is 2.92. The van der Waals surface area contributed by atoms with Crippen LogP contribution in [0.2, 0.25) is 10.0 Å².